The zero-order valence-electron chi connectivity index (χ0n) is 17.2. The molecule has 2 aromatic rings. The van der Waals surface area contributed by atoms with Gasteiger partial charge in [0.15, 0.2) is 0 Å². The van der Waals surface area contributed by atoms with Crippen LogP contribution in [-0.2, 0) is 9.59 Å². The lowest BCUT2D eigenvalue weighted by molar-refractivity contribution is -0.128. The minimum atomic E-state index is -0.344. The number of rotatable bonds is 7. The van der Waals surface area contributed by atoms with Gasteiger partial charge in [-0.25, -0.2) is 0 Å². The summed E-state index contributed by atoms with van der Waals surface area (Å²) in [5.41, 5.74) is 2.61. The van der Waals surface area contributed by atoms with Gasteiger partial charge in [-0.15, -0.1) is 0 Å². The molecule has 7 heteroatoms. The summed E-state index contributed by atoms with van der Waals surface area (Å²) in [5.74, 6) is -0.745. The molecule has 30 heavy (non-hydrogen) atoms. The van der Waals surface area contributed by atoms with Crippen molar-refractivity contribution in [2.45, 2.75) is 33.1 Å². The predicted molar refractivity (Wildman–Crippen MR) is 119 cm³/mol. The van der Waals surface area contributed by atoms with Crippen LogP contribution in [0, 0.1) is 12.8 Å². The first-order valence-corrected chi connectivity index (χ1v) is 10.5. The van der Waals surface area contributed by atoms with Gasteiger partial charge in [0, 0.05) is 41.5 Å². The van der Waals surface area contributed by atoms with Gasteiger partial charge in [0.2, 0.25) is 11.8 Å². The van der Waals surface area contributed by atoms with E-state index in [1.54, 1.807) is 41.3 Å². The number of halogens is 1. The largest absolute Gasteiger partial charge is 0.342 e. The van der Waals surface area contributed by atoms with Crippen molar-refractivity contribution in [1.82, 2.24) is 4.90 Å². The maximum absolute atomic E-state index is 12.5. The number of benzene rings is 2. The first-order valence-electron chi connectivity index (χ1n) is 10.1. The predicted octanol–water partition coefficient (Wildman–Crippen LogP) is 4.49. The molecule has 3 amide bonds. The first kappa shape index (κ1) is 21.8. The van der Waals surface area contributed by atoms with Crippen LogP contribution in [0.5, 0.6) is 0 Å². The van der Waals surface area contributed by atoms with Gasteiger partial charge in [0.1, 0.15) is 0 Å². The van der Waals surface area contributed by atoms with E-state index in [0.717, 1.165) is 18.4 Å². The van der Waals surface area contributed by atoms with Gasteiger partial charge in [0.25, 0.3) is 5.91 Å². The third-order valence-electron chi connectivity index (χ3n) is 5.21. The van der Waals surface area contributed by atoms with Crippen molar-refractivity contribution in [1.29, 1.82) is 0 Å². The van der Waals surface area contributed by atoms with E-state index in [-0.39, 0.29) is 30.1 Å². The standard InChI is InChI=1S/C23H26ClN3O3/c1-3-4-11-27-14-17(12-21(27)28)23(30)25-18-9-6-16(7-10-18)22(29)26-19-8-5-15(2)20(24)13-19/h5-10,13,17H,3-4,11-12,14H2,1-2H3,(H,25,30)(H,26,29). The lowest BCUT2D eigenvalue weighted by atomic mass is 10.1. The highest BCUT2D eigenvalue weighted by atomic mass is 35.5. The lowest BCUT2D eigenvalue weighted by Crippen LogP contribution is -2.29. The molecule has 3 rings (SSSR count). The zero-order chi connectivity index (χ0) is 21.7. The van der Waals surface area contributed by atoms with Crippen molar-refractivity contribution in [2.24, 2.45) is 5.92 Å². The smallest absolute Gasteiger partial charge is 0.255 e. The zero-order valence-corrected chi connectivity index (χ0v) is 18.0. The number of aryl methyl sites for hydroxylation is 1. The Balaban J connectivity index is 1.56. The monoisotopic (exact) mass is 427 g/mol. The van der Waals surface area contributed by atoms with Crippen LogP contribution < -0.4 is 10.6 Å². The van der Waals surface area contributed by atoms with Crippen molar-refractivity contribution in [3.05, 3.63) is 58.6 Å². The summed E-state index contributed by atoms with van der Waals surface area (Å²) in [6.45, 7) is 5.13. The van der Waals surface area contributed by atoms with E-state index in [1.165, 1.54) is 0 Å². The molecule has 2 N–H and O–H groups in total. The quantitative estimate of drug-likeness (QED) is 0.683. The lowest BCUT2D eigenvalue weighted by Gasteiger charge is -2.16. The Hall–Kier alpha value is -2.86. The Labute approximate surface area is 181 Å². The van der Waals surface area contributed by atoms with Crippen LogP contribution >= 0.6 is 11.6 Å². The fraction of sp³-hybridized carbons (Fsp3) is 0.348. The highest BCUT2D eigenvalue weighted by molar-refractivity contribution is 6.31. The molecule has 0 saturated carbocycles. The Morgan fingerprint density at radius 1 is 1.10 bits per heavy atom. The van der Waals surface area contributed by atoms with Gasteiger partial charge < -0.3 is 15.5 Å². The third-order valence-corrected chi connectivity index (χ3v) is 5.62. The van der Waals surface area contributed by atoms with E-state index in [9.17, 15) is 14.4 Å². The summed E-state index contributed by atoms with van der Waals surface area (Å²) in [6.07, 6.45) is 2.20. The van der Waals surface area contributed by atoms with Gasteiger partial charge in [-0.1, -0.05) is 31.0 Å². The van der Waals surface area contributed by atoms with Gasteiger partial charge in [0.05, 0.1) is 5.92 Å². The minimum absolute atomic E-state index is 0.0341. The van der Waals surface area contributed by atoms with Crippen LogP contribution in [0.1, 0.15) is 42.1 Å². The molecule has 0 aromatic heterocycles. The molecule has 158 valence electrons. The minimum Gasteiger partial charge on any atom is -0.342 e. The molecule has 0 radical (unpaired) electrons. The molecule has 1 heterocycles. The van der Waals surface area contributed by atoms with Crippen LogP contribution in [-0.4, -0.2) is 35.7 Å². The second kappa shape index (κ2) is 9.76. The number of hydrogen-bond acceptors (Lipinski definition) is 3. The summed E-state index contributed by atoms with van der Waals surface area (Å²) in [4.78, 5) is 38.8. The molecule has 2 aromatic carbocycles. The van der Waals surface area contributed by atoms with E-state index in [2.05, 4.69) is 17.6 Å². The van der Waals surface area contributed by atoms with E-state index in [4.69, 9.17) is 11.6 Å². The van der Waals surface area contributed by atoms with Crippen molar-refractivity contribution in [3.8, 4) is 0 Å². The fourth-order valence-electron chi connectivity index (χ4n) is 3.34. The highest BCUT2D eigenvalue weighted by Crippen LogP contribution is 2.22. The number of carbonyl (C=O) groups excluding carboxylic acids is 3. The number of amides is 3. The molecule has 6 nitrogen and oxygen atoms in total. The first-order chi connectivity index (χ1) is 14.4. The number of nitrogens with zero attached hydrogens (tertiary/aromatic N) is 1. The molecular weight excluding hydrogens is 402 g/mol. The molecule has 1 fully saturated rings. The molecule has 0 spiro atoms. The highest BCUT2D eigenvalue weighted by Gasteiger charge is 2.33. The van der Waals surface area contributed by atoms with E-state index in [1.807, 2.05) is 13.0 Å². The van der Waals surface area contributed by atoms with Crippen molar-refractivity contribution < 1.29 is 14.4 Å². The average molecular weight is 428 g/mol. The summed E-state index contributed by atoms with van der Waals surface area (Å²) in [5, 5.41) is 6.24. The molecule has 0 bridgehead atoms. The van der Waals surface area contributed by atoms with Crippen LogP contribution in [0.25, 0.3) is 0 Å². The van der Waals surface area contributed by atoms with Crippen LogP contribution in [0.3, 0.4) is 0 Å². The molecule has 1 atom stereocenters. The Bertz CT molecular complexity index is 943. The fourth-order valence-corrected chi connectivity index (χ4v) is 3.52. The number of nitrogens with one attached hydrogen (secondary N) is 2. The van der Waals surface area contributed by atoms with Gasteiger partial charge in [-0.3, -0.25) is 14.4 Å². The normalized spacial score (nSPS) is 15.9. The summed E-state index contributed by atoms with van der Waals surface area (Å²) < 4.78 is 0. The number of anilines is 2. The number of hydrogen-bond donors (Lipinski definition) is 2. The maximum atomic E-state index is 12.5. The van der Waals surface area contributed by atoms with E-state index < -0.39 is 0 Å². The number of unbranched alkanes of at least 4 members (excludes halogenated alkanes) is 1. The summed E-state index contributed by atoms with van der Waals surface area (Å²) in [6, 6.07) is 12.0. The van der Waals surface area contributed by atoms with Crippen molar-refractivity contribution >= 4 is 40.7 Å². The van der Waals surface area contributed by atoms with Crippen molar-refractivity contribution in [2.75, 3.05) is 23.7 Å². The molecule has 1 aliphatic heterocycles. The summed E-state index contributed by atoms with van der Waals surface area (Å²) >= 11 is 6.09. The summed E-state index contributed by atoms with van der Waals surface area (Å²) in [7, 11) is 0. The Kier molecular flexibility index (Phi) is 7.11. The second-order valence-electron chi connectivity index (χ2n) is 7.58. The maximum Gasteiger partial charge on any atom is 0.255 e. The SMILES string of the molecule is CCCCN1CC(C(=O)Nc2ccc(C(=O)Nc3ccc(C)c(Cl)c3)cc2)CC1=O. The Morgan fingerprint density at radius 3 is 2.47 bits per heavy atom. The molecular formula is C23H26ClN3O3. The molecule has 1 unspecified atom stereocenters. The van der Waals surface area contributed by atoms with Crippen LogP contribution in [0.2, 0.25) is 5.02 Å². The average Bonchev–Trinajstić information content (AvgIpc) is 3.10. The van der Waals surface area contributed by atoms with Crippen LogP contribution in [0.4, 0.5) is 11.4 Å². The second-order valence-corrected chi connectivity index (χ2v) is 7.99. The Morgan fingerprint density at radius 2 is 1.80 bits per heavy atom. The number of likely N-dealkylation sites (tertiary alicyclic amines) is 1. The topological polar surface area (TPSA) is 78.5 Å². The number of carbonyl (C=O) groups is 3. The van der Waals surface area contributed by atoms with E-state index >= 15 is 0 Å². The third kappa shape index (κ3) is 5.39. The molecule has 1 aliphatic rings. The van der Waals surface area contributed by atoms with Gasteiger partial charge >= 0.3 is 0 Å². The van der Waals surface area contributed by atoms with Gasteiger partial charge in [-0.05, 0) is 55.3 Å². The molecule has 0 aliphatic carbocycles. The van der Waals surface area contributed by atoms with Crippen LogP contribution in [0.15, 0.2) is 42.5 Å². The van der Waals surface area contributed by atoms with Crippen molar-refractivity contribution in [3.63, 3.8) is 0 Å². The van der Waals surface area contributed by atoms with E-state index in [0.29, 0.717) is 35.1 Å². The van der Waals surface area contributed by atoms with Gasteiger partial charge in [-0.2, -0.15) is 0 Å². The molecule has 1 saturated heterocycles.